The van der Waals surface area contributed by atoms with Crippen molar-refractivity contribution in [1.29, 1.82) is 0 Å². The van der Waals surface area contributed by atoms with Crippen LogP contribution < -0.4 is 0 Å². The molecule has 0 N–H and O–H groups in total. The monoisotopic (exact) mass is 722 g/mol. The number of aromatic nitrogens is 4. The van der Waals surface area contributed by atoms with Crippen molar-refractivity contribution in [3.05, 3.63) is 194 Å². The predicted molar refractivity (Wildman–Crippen MR) is 229 cm³/mol. The highest BCUT2D eigenvalue weighted by molar-refractivity contribution is 6.13. The van der Waals surface area contributed by atoms with E-state index >= 15 is 0 Å². The molecule has 11 aromatic rings. The van der Waals surface area contributed by atoms with E-state index in [9.17, 15) is 1.37 Å². The van der Waals surface area contributed by atoms with E-state index < -0.39 is 0 Å². The van der Waals surface area contributed by atoms with E-state index in [-0.39, 0.29) is 63.8 Å². The lowest BCUT2D eigenvalue weighted by Crippen LogP contribution is -2.05. The largest absolute Gasteiger partial charge is 0.455 e. The number of hydrogen-bond donors (Lipinski definition) is 0. The smallest absolute Gasteiger partial charge is 0.166 e. The maximum absolute atomic E-state index is 9.53. The molecule has 0 aliphatic carbocycles. The first-order valence-electron chi connectivity index (χ1n) is 21.3. The van der Waals surface area contributed by atoms with Gasteiger partial charge in [0, 0.05) is 49.4 Å². The molecule has 0 aliphatic rings. The molecule has 262 valence electrons. The molecule has 0 fully saturated rings. The zero-order valence-electron chi connectivity index (χ0n) is 35.7. The van der Waals surface area contributed by atoms with Gasteiger partial charge in [0.1, 0.15) is 11.2 Å². The third-order valence-electron chi connectivity index (χ3n) is 10.3. The van der Waals surface area contributed by atoms with Crippen LogP contribution in [0.3, 0.4) is 0 Å². The minimum Gasteiger partial charge on any atom is -0.455 e. The SMILES string of the molecule is [2H]c1cc([2H])c2oc3c(-c4cccc(-c5nc(-c6ccccc6)nc(-c6ccc(-c7ccccc7)cc6)n5)c4-n4c5ccccc5c5ccccc54)c([2H])c([2H])c([2H])c3c2c1[2H]. The van der Waals surface area contributed by atoms with E-state index in [0.29, 0.717) is 34.3 Å². The molecule has 3 aromatic heterocycles. The quantitative estimate of drug-likeness (QED) is 0.171. The van der Waals surface area contributed by atoms with Crippen LogP contribution >= 0.6 is 0 Å². The number of rotatable bonds is 6. The highest BCUT2D eigenvalue weighted by atomic mass is 16.3. The van der Waals surface area contributed by atoms with Gasteiger partial charge < -0.3 is 8.98 Å². The summed E-state index contributed by atoms with van der Waals surface area (Å²) in [4.78, 5) is 15.4. The fraction of sp³-hybridized carbons (Fsp3) is 0. The second kappa shape index (κ2) is 13.0. The van der Waals surface area contributed by atoms with E-state index in [1.165, 1.54) is 6.07 Å². The third-order valence-corrected chi connectivity index (χ3v) is 10.3. The van der Waals surface area contributed by atoms with Gasteiger partial charge in [0.25, 0.3) is 0 Å². The van der Waals surface area contributed by atoms with Gasteiger partial charge in [0.05, 0.1) is 24.9 Å². The molecule has 11 rings (SSSR count). The van der Waals surface area contributed by atoms with Crippen LogP contribution in [0.15, 0.2) is 198 Å². The van der Waals surface area contributed by atoms with E-state index in [1.54, 1.807) is 0 Å². The molecule has 0 bridgehead atoms. The van der Waals surface area contributed by atoms with Gasteiger partial charge in [-0.3, -0.25) is 0 Å². The number of fused-ring (bicyclic) bond motifs is 6. The van der Waals surface area contributed by atoms with Gasteiger partial charge in [0.15, 0.2) is 17.5 Å². The molecule has 0 radical (unpaired) electrons. The van der Waals surface area contributed by atoms with Gasteiger partial charge in [0.2, 0.25) is 0 Å². The van der Waals surface area contributed by atoms with Gasteiger partial charge in [-0.2, -0.15) is 0 Å². The molecule has 0 saturated carbocycles. The number of nitrogens with zero attached hydrogens (tertiary/aromatic N) is 4. The van der Waals surface area contributed by atoms with Gasteiger partial charge in [-0.25, -0.2) is 15.0 Å². The minimum absolute atomic E-state index is 0.0169. The molecule has 0 saturated heterocycles. The number of benzene rings is 8. The number of hydrogen-bond acceptors (Lipinski definition) is 4. The average molecular weight is 723 g/mol. The Morgan fingerprint density at radius 2 is 0.946 bits per heavy atom. The summed E-state index contributed by atoms with van der Waals surface area (Å²) in [5.74, 6) is 1.27. The lowest BCUT2D eigenvalue weighted by molar-refractivity contribution is 0.670. The summed E-state index contributed by atoms with van der Waals surface area (Å²) >= 11 is 0. The fourth-order valence-corrected chi connectivity index (χ4v) is 7.67. The molecular formula is C51H32N4O. The van der Waals surface area contributed by atoms with Crippen molar-refractivity contribution in [2.45, 2.75) is 0 Å². The van der Waals surface area contributed by atoms with Crippen molar-refractivity contribution in [2.24, 2.45) is 0 Å². The molecule has 0 spiro atoms. The summed E-state index contributed by atoms with van der Waals surface area (Å²) in [6.07, 6.45) is 0. The van der Waals surface area contributed by atoms with E-state index in [0.717, 1.165) is 44.1 Å². The summed E-state index contributed by atoms with van der Waals surface area (Å²) in [6, 6.07) is 49.5. The first-order chi connectivity index (χ1) is 30.3. The van der Waals surface area contributed by atoms with Crippen LogP contribution in [-0.4, -0.2) is 19.5 Å². The zero-order valence-corrected chi connectivity index (χ0v) is 29.7. The molecule has 0 unspecified atom stereocenters. The normalized spacial score (nSPS) is 13.1. The highest BCUT2D eigenvalue weighted by Crippen LogP contribution is 2.44. The first-order valence-corrected chi connectivity index (χ1v) is 18.3. The first kappa shape index (κ1) is 26.2. The predicted octanol–water partition coefficient (Wildman–Crippen LogP) is 13.2. The van der Waals surface area contributed by atoms with Crippen molar-refractivity contribution >= 4 is 43.7 Å². The lowest BCUT2D eigenvalue weighted by Gasteiger charge is -2.19. The maximum atomic E-state index is 9.53. The van der Waals surface area contributed by atoms with Crippen LogP contribution in [0, 0.1) is 0 Å². The molecule has 5 nitrogen and oxygen atoms in total. The van der Waals surface area contributed by atoms with E-state index in [4.69, 9.17) is 26.2 Å². The van der Waals surface area contributed by atoms with Crippen molar-refractivity contribution in [3.63, 3.8) is 0 Å². The van der Waals surface area contributed by atoms with E-state index in [1.807, 2.05) is 115 Å². The number of para-hydroxylation sites is 5. The summed E-state index contributed by atoms with van der Waals surface area (Å²) < 4.78 is 62.3. The van der Waals surface area contributed by atoms with Gasteiger partial charge >= 0.3 is 0 Å². The summed E-state index contributed by atoms with van der Waals surface area (Å²) in [6.45, 7) is 0. The van der Waals surface area contributed by atoms with Crippen LogP contribution in [0.4, 0.5) is 0 Å². The molecule has 5 heteroatoms. The Kier molecular flexibility index (Phi) is 6.10. The Hall–Kier alpha value is -7.63. The standard InChI is InChI=1S/C51H32N4O/c1-3-15-33(16-4-1)34-29-31-36(32-30-34)50-52-49(35-17-5-2-6-18-35)53-51(54-50)43-25-13-22-40(42-24-14-23-41-39-21-9-12-28-46(39)56-48(41)42)47(43)55-44-26-10-7-19-37(44)38-20-8-11-27-45(38)55/h1-32H/i9D,14D,21D,23D,24D,28D. The van der Waals surface area contributed by atoms with Crippen LogP contribution in [0.1, 0.15) is 8.22 Å². The van der Waals surface area contributed by atoms with Crippen molar-refractivity contribution in [1.82, 2.24) is 19.5 Å². The third kappa shape index (κ3) is 5.21. The van der Waals surface area contributed by atoms with E-state index in [2.05, 4.69) is 41.0 Å². The Balaban J connectivity index is 1.26. The Bertz CT molecular complexity index is 3540. The second-order valence-electron chi connectivity index (χ2n) is 13.5. The summed E-state index contributed by atoms with van der Waals surface area (Å²) in [5.41, 5.74) is 7.43. The van der Waals surface area contributed by atoms with Crippen LogP contribution in [0.25, 0.3) is 106 Å². The Morgan fingerprint density at radius 3 is 1.66 bits per heavy atom. The topological polar surface area (TPSA) is 56.7 Å². The summed E-state index contributed by atoms with van der Waals surface area (Å²) in [7, 11) is 0. The molecular weight excluding hydrogens is 685 g/mol. The van der Waals surface area contributed by atoms with Crippen LogP contribution in [0.5, 0.6) is 0 Å². The van der Waals surface area contributed by atoms with Crippen molar-refractivity contribution < 1.29 is 12.6 Å². The van der Waals surface area contributed by atoms with Gasteiger partial charge in [-0.1, -0.05) is 170 Å². The van der Waals surface area contributed by atoms with Crippen LogP contribution in [-0.2, 0) is 0 Å². The fourth-order valence-electron chi connectivity index (χ4n) is 7.67. The molecule has 0 amide bonds. The zero-order chi connectivity index (χ0) is 42.2. The molecule has 8 aromatic carbocycles. The lowest BCUT2D eigenvalue weighted by atomic mass is 9.97. The molecule has 3 heterocycles. The highest BCUT2D eigenvalue weighted by Gasteiger charge is 2.24. The number of furan rings is 1. The summed E-state index contributed by atoms with van der Waals surface area (Å²) in [5, 5.41) is 2.19. The molecule has 0 aliphatic heterocycles. The maximum Gasteiger partial charge on any atom is 0.166 e. The minimum atomic E-state index is -0.372. The average Bonchev–Trinajstić information content (AvgIpc) is 3.88. The van der Waals surface area contributed by atoms with Gasteiger partial charge in [-0.05, 0) is 35.4 Å². The van der Waals surface area contributed by atoms with Crippen molar-refractivity contribution in [3.8, 4) is 62.1 Å². The second-order valence-corrected chi connectivity index (χ2v) is 13.5. The van der Waals surface area contributed by atoms with Crippen LogP contribution in [0.2, 0.25) is 0 Å². The Labute approximate surface area is 331 Å². The molecule has 0 atom stereocenters. The Morgan fingerprint density at radius 1 is 0.393 bits per heavy atom. The van der Waals surface area contributed by atoms with Crippen molar-refractivity contribution in [2.75, 3.05) is 0 Å². The molecule has 56 heavy (non-hydrogen) atoms. The van der Waals surface area contributed by atoms with Gasteiger partial charge in [-0.15, -0.1) is 0 Å².